The third-order valence-electron chi connectivity index (χ3n) is 3.18. The zero-order valence-electron chi connectivity index (χ0n) is 10.2. The maximum absolute atomic E-state index is 5.71. The molecule has 2 heterocycles. The van der Waals surface area contributed by atoms with E-state index in [0.29, 0.717) is 0 Å². The van der Waals surface area contributed by atoms with E-state index in [1.807, 2.05) is 12.3 Å². The highest BCUT2D eigenvalue weighted by Gasteiger charge is 2.15. The van der Waals surface area contributed by atoms with Gasteiger partial charge in [-0.1, -0.05) is 30.3 Å². The fourth-order valence-corrected chi connectivity index (χ4v) is 2.25. The molecule has 1 aliphatic heterocycles. The molecule has 0 N–H and O–H groups in total. The second-order valence-corrected chi connectivity index (χ2v) is 4.53. The van der Waals surface area contributed by atoms with Crippen LogP contribution in [0.5, 0.6) is 5.75 Å². The SMILES string of the molecule is c1ccc(CN2CCOc3cnccc3C2)cc1. The summed E-state index contributed by atoms with van der Waals surface area (Å²) in [5.74, 6) is 0.924. The minimum absolute atomic E-state index is 0.728. The number of aromatic nitrogens is 1. The molecule has 3 nitrogen and oxygen atoms in total. The van der Waals surface area contributed by atoms with Crippen molar-refractivity contribution in [3.05, 3.63) is 59.9 Å². The van der Waals surface area contributed by atoms with Gasteiger partial charge in [0.15, 0.2) is 0 Å². The van der Waals surface area contributed by atoms with Gasteiger partial charge in [-0.2, -0.15) is 0 Å². The van der Waals surface area contributed by atoms with Crippen molar-refractivity contribution in [1.29, 1.82) is 0 Å². The lowest BCUT2D eigenvalue weighted by Crippen LogP contribution is -2.25. The normalized spacial score (nSPS) is 15.6. The average Bonchev–Trinajstić information content (AvgIpc) is 2.61. The van der Waals surface area contributed by atoms with Crippen molar-refractivity contribution < 1.29 is 4.74 Å². The van der Waals surface area contributed by atoms with Crippen LogP contribution in [0.2, 0.25) is 0 Å². The summed E-state index contributed by atoms with van der Waals surface area (Å²) in [5.41, 5.74) is 2.56. The highest BCUT2D eigenvalue weighted by molar-refractivity contribution is 5.30. The van der Waals surface area contributed by atoms with Crippen LogP contribution >= 0.6 is 0 Å². The molecule has 0 unspecified atom stereocenters. The molecule has 1 aromatic heterocycles. The molecular weight excluding hydrogens is 224 g/mol. The van der Waals surface area contributed by atoms with Crippen molar-refractivity contribution in [3.63, 3.8) is 0 Å². The van der Waals surface area contributed by atoms with Crippen LogP contribution in [0.15, 0.2) is 48.8 Å². The summed E-state index contributed by atoms with van der Waals surface area (Å²) in [6, 6.07) is 12.6. The highest BCUT2D eigenvalue weighted by Crippen LogP contribution is 2.22. The number of benzene rings is 1. The molecule has 1 aliphatic rings. The molecule has 0 saturated heterocycles. The molecule has 2 aromatic rings. The Labute approximate surface area is 107 Å². The predicted octanol–water partition coefficient (Wildman–Crippen LogP) is 2.48. The van der Waals surface area contributed by atoms with E-state index in [1.54, 1.807) is 6.20 Å². The number of hydrogen-bond acceptors (Lipinski definition) is 3. The summed E-state index contributed by atoms with van der Waals surface area (Å²) >= 11 is 0. The van der Waals surface area contributed by atoms with E-state index in [-0.39, 0.29) is 0 Å². The summed E-state index contributed by atoms with van der Waals surface area (Å²) in [5, 5.41) is 0. The Morgan fingerprint density at radius 1 is 1.17 bits per heavy atom. The van der Waals surface area contributed by atoms with E-state index in [4.69, 9.17) is 4.74 Å². The fraction of sp³-hybridized carbons (Fsp3) is 0.267. The lowest BCUT2D eigenvalue weighted by molar-refractivity contribution is 0.219. The molecule has 0 atom stereocenters. The summed E-state index contributed by atoms with van der Waals surface area (Å²) in [6.45, 7) is 3.56. The van der Waals surface area contributed by atoms with Crippen molar-refractivity contribution >= 4 is 0 Å². The average molecular weight is 240 g/mol. The summed E-state index contributed by atoms with van der Waals surface area (Å²) in [7, 11) is 0. The molecule has 92 valence electrons. The molecule has 0 fully saturated rings. The Hall–Kier alpha value is -1.87. The summed E-state index contributed by atoms with van der Waals surface area (Å²) in [6.07, 6.45) is 3.63. The second kappa shape index (κ2) is 5.19. The largest absolute Gasteiger partial charge is 0.490 e. The summed E-state index contributed by atoms with van der Waals surface area (Å²) in [4.78, 5) is 6.51. The van der Waals surface area contributed by atoms with E-state index in [9.17, 15) is 0 Å². The Bertz CT molecular complexity index is 513. The maximum Gasteiger partial charge on any atom is 0.142 e. The summed E-state index contributed by atoms with van der Waals surface area (Å²) < 4.78 is 5.71. The van der Waals surface area contributed by atoms with Crippen LogP contribution in [0.4, 0.5) is 0 Å². The Morgan fingerprint density at radius 3 is 2.94 bits per heavy atom. The molecule has 0 saturated carbocycles. The smallest absolute Gasteiger partial charge is 0.142 e. The van der Waals surface area contributed by atoms with Gasteiger partial charge < -0.3 is 4.74 Å². The van der Waals surface area contributed by atoms with Crippen LogP contribution in [0, 0.1) is 0 Å². The molecular formula is C15H16N2O. The van der Waals surface area contributed by atoms with E-state index in [1.165, 1.54) is 11.1 Å². The van der Waals surface area contributed by atoms with Crippen molar-refractivity contribution in [2.75, 3.05) is 13.2 Å². The standard InChI is InChI=1S/C15H16N2O/c1-2-4-13(5-3-1)11-17-8-9-18-15-10-16-7-6-14(15)12-17/h1-7,10H,8-9,11-12H2. The topological polar surface area (TPSA) is 25.4 Å². The zero-order chi connectivity index (χ0) is 12.2. The van der Waals surface area contributed by atoms with Gasteiger partial charge in [-0.15, -0.1) is 0 Å². The maximum atomic E-state index is 5.71. The first-order chi connectivity index (χ1) is 8.92. The molecule has 0 bridgehead atoms. The minimum Gasteiger partial charge on any atom is -0.490 e. The molecule has 1 aromatic carbocycles. The van der Waals surface area contributed by atoms with Crippen molar-refractivity contribution in [2.24, 2.45) is 0 Å². The highest BCUT2D eigenvalue weighted by atomic mass is 16.5. The van der Waals surface area contributed by atoms with Crippen molar-refractivity contribution in [1.82, 2.24) is 9.88 Å². The van der Waals surface area contributed by atoms with Gasteiger partial charge in [-0.05, 0) is 11.6 Å². The molecule has 0 spiro atoms. The minimum atomic E-state index is 0.728. The molecule has 3 heteroatoms. The van der Waals surface area contributed by atoms with Crippen LogP contribution in [0.1, 0.15) is 11.1 Å². The van der Waals surface area contributed by atoms with Gasteiger partial charge in [0.25, 0.3) is 0 Å². The van der Waals surface area contributed by atoms with E-state index in [2.05, 4.69) is 40.2 Å². The molecule has 18 heavy (non-hydrogen) atoms. The lowest BCUT2D eigenvalue weighted by Gasteiger charge is -2.19. The van der Waals surface area contributed by atoms with Gasteiger partial charge in [-0.25, -0.2) is 0 Å². The van der Waals surface area contributed by atoms with E-state index < -0.39 is 0 Å². The number of nitrogens with zero attached hydrogens (tertiary/aromatic N) is 2. The van der Waals surface area contributed by atoms with Gasteiger partial charge in [0.05, 0.1) is 6.20 Å². The first-order valence-corrected chi connectivity index (χ1v) is 6.24. The number of ether oxygens (including phenoxy) is 1. The Kier molecular flexibility index (Phi) is 3.24. The number of pyridine rings is 1. The fourth-order valence-electron chi connectivity index (χ4n) is 2.25. The van der Waals surface area contributed by atoms with Crippen LogP contribution in [0.25, 0.3) is 0 Å². The lowest BCUT2D eigenvalue weighted by atomic mass is 10.2. The molecule has 0 aliphatic carbocycles. The first kappa shape index (κ1) is 11.2. The van der Waals surface area contributed by atoms with Gasteiger partial charge in [0, 0.05) is 31.4 Å². The van der Waals surface area contributed by atoms with Gasteiger partial charge >= 0.3 is 0 Å². The van der Waals surface area contributed by atoms with Crippen LogP contribution in [0.3, 0.4) is 0 Å². The van der Waals surface area contributed by atoms with E-state index in [0.717, 1.165) is 32.0 Å². The molecule has 0 amide bonds. The third kappa shape index (κ3) is 2.51. The number of fused-ring (bicyclic) bond motifs is 1. The first-order valence-electron chi connectivity index (χ1n) is 6.24. The molecule has 3 rings (SSSR count). The Balaban J connectivity index is 1.75. The zero-order valence-corrected chi connectivity index (χ0v) is 10.2. The predicted molar refractivity (Wildman–Crippen MR) is 70.3 cm³/mol. The third-order valence-corrected chi connectivity index (χ3v) is 3.18. The Morgan fingerprint density at radius 2 is 2.06 bits per heavy atom. The molecule has 0 radical (unpaired) electrons. The number of hydrogen-bond donors (Lipinski definition) is 0. The van der Waals surface area contributed by atoms with Crippen molar-refractivity contribution in [2.45, 2.75) is 13.1 Å². The number of rotatable bonds is 2. The quantitative estimate of drug-likeness (QED) is 0.806. The van der Waals surface area contributed by atoms with E-state index >= 15 is 0 Å². The van der Waals surface area contributed by atoms with Crippen LogP contribution in [-0.2, 0) is 13.1 Å². The van der Waals surface area contributed by atoms with Crippen LogP contribution < -0.4 is 4.74 Å². The second-order valence-electron chi connectivity index (χ2n) is 4.53. The van der Waals surface area contributed by atoms with Crippen molar-refractivity contribution in [3.8, 4) is 5.75 Å². The monoisotopic (exact) mass is 240 g/mol. The van der Waals surface area contributed by atoms with Crippen LogP contribution in [-0.4, -0.2) is 23.0 Å². The van der Waals surface area contributed by atoms with Gasteiger partial charge in [0.2, 0.25) is 0 Å². The van der Waals surface area contributed by atoms with Gasteiger partial charge in [0.1, 0.15) is 12.4 Å². The van der Waals surface area contributed by atoms with Gasteiger partial charge in [-0.3, -0.25) is 9.88 Å².